The second-order valence-electron chi connectivity index (χ2n) is 4.63. The van der Waals surface area contributed by atoms with E-state index in [4.69, 9.17) is 0 Å². The average Bonchev–Trinajstić information content (AvgIpc) is 2.30. The van der Waals surface area contributed by atoms with Crippen molar-refractivity contribution in [2.24, 2.45) is 5.92 Å². The number of rotatable bonds is 2. The van der Waals surface area contributed by atoms with Crippen LogP contribution in [-0.2, 0) is 0 Å². The van der Waals surface area contributed by atoms with Gasteiger partial charge in [-0.2, -0.15) is 0 Å². The molecule has 3 heteroatoms. The lowest BCUT2D eigenvalue weighted by molar-refractivity contribution is 0.112. The fraction of sp³-hybridized carbons (Fsp3) is 0.538. The van der Waals surface area contributed by atoms with E-state index < -0.39 is 0 Å². The Bertz CT molecular complexity index is 382. The van der Waals surface area contributed by atoms with E-state index in [-0.39, 0.29) is 0 Å². The first-order chi connectivity index (χ1) is 7.70. The maximum Gasteiger partial charge on any atom is 0.151 e. The summed E-state index contributed by atoms with van der Waals surface area (Å²) in [6, 6.07) is 3.81. The molecule has 0 saturated carbocycles. The molecule has 16 heavy (non-hydrogen) atoms. The van der Waals surface area contributed by atoms with E-state index in [9.17, 15) is 4.79 Å². The van der Waals surface area contributed by atoms with E-state index in [2.05, 4.69) is 16.8 Å². The number of aldehydes is 1. The molecule has 0 spiro atoms. The molecule has 0 N–H and O–H groups in total. The van der Waals surface area contributed by atoms with Gasteiger partial charge >= 0.3 is 0 Å². The quantitative estimate of drug-likeness (QED) is 0.715. The third kappa shape index (κ3) is 2.23. The number of aryl methyl sites for hydroxylation is 1. The molecule has 1 aromatic rings. The molecule has 1 aliphatic rings. The predicted molar refractivity (Wildman–Crippen MR) is 65.0 cm³/mol. The molecule has 2 rings (SSSR count). The van der Waals surface area contributed by atoms with Crippen molar-refractivity contribution in [2.45, 2.75) is 26.7 Å². The van der Waals surface area contributed by atoms with Crippen LogP contribution in [0, 0.1) is 12.8 Å². The smallest absolute Gasteiger partial charge is 0.151 e. The van der Waals surface area contributed by atoms with Gasteiger partial charge in [-0.15, -0.1) is 0 Å². The topological polar surface area (TPSA) is 33.2 Å². The molecule has 0 aliphatic carbocycles. The molecule has 1 aromatic heterocycles. The van der Waals surface area contributed by atoms with Gasteiger partial charge in [0.1, 0.15) is 5.82 Å². The van der Waals surface area contributed by atoms with Crippen molar-refractivity contribution >= 4 is 12.1 Å². The van der Waals surface area contributed by atoms with Crippen LogP contribution in [0.5, 0.6) is 0 Å². The molecular formula is C13H18N2O. The van der Waals surface area contributed by atoms with Gasteiger partial charge in [0.25, 0.3) is 0 Å². The minimum Gasteiger partial charge on any atom is -0.357 e. The minimum atomic E-state index is 0.689. The number of aromatic nitrogens is 1. The number of carbonyl (C=O) groups is 1. The van der Waals surface area contributed by atoms with Gasteiger partial charge in [0.2, 0.25) is 0 Å². The van der Waals surface area contributed by atoms with Gasteiger partial charge in [-0.1, -0.05) is 6.92 Å². The Kier molecular flexibility index (Phi) is 3.22. The normalized spacial score (nSPS) is 17.5. The lowest BCUT2D eigenvalue weighted by atomic mass is 9.99. The van der Waals surface area contributed by atoms with Gasteiger partial charge in [-0.05, 0) is 37.8 Å². The molecule has 3 nitrogen and oxygen atoms in total. The highest BCUT2D eigenvalue weighted by atomic mass is 16.1. The summed E-state index contributed by atoms with van der Waals surface area (Å²) >= 11 is 0. The van der Waals surface area contributed by atoms with E-state index in [1.165, 1.54) is 12.8 Å². The standard InChI is InChI=1S/C13H18N2O/c1-10-5-7-15(8-6-10)13-4-3-12(9-16)11(2)14-13/h3-4,9-10H,5-8H2,1-2H3. The zero-order valence-electron chi connectivity index (χ0n) is 9.94. The largest absolute Gasteiger partial charge is 0.357 e. The van der Waals surface area contributed by atoms with Crippen molar-refractivity contribution < 1.29 is 4.79 Å². The Hall–Kier alpha value is -1.38. The average molecular weight is 218 g/mol. The Morgan fingerprint density at radius 1 is 1.38 bits per heavy atom. The van der Waals surface area contributed by atoms with Gasteiger partial charge < -0.3 is 4.90 Å². The first-order valence-electron chi connectivity index (χ1n) is 5.88. The fourth-order valence-corrected chi connectivity index (χ4v) is 2.10. The number of hydrogen-bond acceptors (Lipinski definition) is 3. The molecule has 1 saturated heterocycles. The van der Waals surface area contributed by atoms with Crippen molar-refractivity contribution in [1.82, 2.24) is 4.98 Å². The van der Waals surface area contributed by atoms with Crippen molar-refractivity contribution in [3.8, 4) is 0 Å². The molecule has 0 unspecified atom stereocenters. The van der Waals surface area contributed by atoms with E-state index in [1.807, 2.05) is 19.1 Å². The molecule has 86 valence electrons. The molecule has 2 heterocycles. The number of carbonyl (C=O) groups excluding carboxylic acids is 1. The molecule has 0 atom stereocenters. The summed E-state index contributed by atoms with van der Waals surface area (Å²) in [7, 11) is 0. The van der Waals surface area contributed by atoms with Gasteiger partial charge in [0.15, 0.2) is 6.29 Å². The number of piperidine rings is 1. The maximum absolute atomic E-state index is 10.7. The first kappa shape index (κ1) is 11.1. The van der Waals surface area contributed by atoms with Crippen LogP contribution < -0.4 is 4.90 Å². The summed E-state index contributed by atoms with van der Waals surface area (Å²) in [5, 5.41) is 0. The highest BCUT2D eigenvalue weighted by Gasteiger charge is 2.17. The van der Waals surface area contributed by atoms with Crippen LogP contribution in [0.3, 0.4) is 0 Å². The first-order valence-corrected chi connectivity index (χ1v) is 5.88. The lowest BCUT2D eigenvalue weighted by Crippen LogP contribution is -2.33. The molecule has 0 radical (unpaired) electrons. The zero-order valence-corrected chi connectivity index (χ0v) is 9.94. The Morgan fingerprint density at radius 2 is 2.06 bits per heavy atom. The summed E-state index contributed by atoms with van der Waals surface area (Å²) in [6.07, 6.45) is 3.33. The van der Waals surface area contributed by atoms with Crippen LogP contribution >= 0.6 is 0 Å². The fourth-order valence-electron chi connectivity index (χ4n) is 2.10. The van der Waals surface area contributed by atoms with E-state index in [1.54, 1.807) is 0 Å². The molecule has 1 aliphatic heterocycles. The third-order valence-electron chi connectivity index (χ3n) is 3.35. The van der Waals surface area contributed by atoms with Crippen LogP contribution in [0.4, 0.5) is 5.82 Å². The molecule has 1 fully saturated rings. The second-order valence-corrected chi connectivity index (χ2v) is 4.63. The van der Waals surface area contributed by atoms with Crippen molar-refractivity contribution in [1.29, 1.82) is 0 Å². The van der Waals surface area contributed by atoms with Crippen LogP contribution in [0.25, 0.3) is 0 Å². The zero-order chi connectivity index (χ0) is 11.5. The van der Waals surface area contributed by atoms with Crippen LogP contribution in [0.15, 0.2) is 12.1 Å². The van der Waals surface area contributed by atoms with E-state index in [0.29, 0.717) is 5.56 Å². The Labute approximate surface area is 96.5 Å². The van der Waals surface area contributed by atoms with E-state index >= 15 is 0 Å². The second kappa shape index (κ2) is 4.64. The van der Waals surface area contributed by atoms with Crippen molar-refractivity contribution in [2.75, 3.05) is 18.0 Å². The monoisotopic (exact) mass is 218 g/mol. The van der Waals surface area contributed by atoms with Gasteiger partial charge in [-0.3, -0.25) is 4.79 Å². The van der Waals surface area contributed by atoms with Crippen molar-refractivity contribution in [3.05, 3.63) is 23.4 Å². The number of nitrogens with zero attached hydrogens (tertiary/aromatic N) is 2. The van der Waals surface area contributed by atoms with Crippen LogP contribution in [0.1, 0.15) is 35.8 Å². The third-order valence-corrected chi connectivity index (χ3v) is 3.35. The summed E-state index contributed by atoms with van der Waals surface area (Å²) < 4.78 is 0. The summed E-state index contributed by atoms with van der Waals surface area (Å²) in [5.74, 6) is 1.83. The van der Waals surface area contributed by atoms with Gasteiger partial charge in [0.05, 0.1) is 5.69 Å². The number of anilines is 1. The molecule has 0 amide bonds. The summed E-state index contributed by atoms with van der Waals surface area (Å²) in [4.78, 5) is 17.5. The minimum absolute atomic E-state index is 0.689. The Balaban J connectivity index is 2.15. The summed E-state index contributed by atoms with van der Waals surface area (Å²) in [6.45, 7) is 6.34. The molecule has 0 bridgehead atoms. The number of hydrogen-bond donors (Lipinski definition) is 0. The molecular weight excluding hydrogens is 200 g/mol. The van der Waals surface area contributed by atoms with Crippen LogP contribution in [-0.4, -0.2) is 24.4 Å². The van der Waals surface area contributed by atoms with Crippen molar-refractivity contribution in [3.63, 3.8) is 0 Å². The summed E-state index contributed by atoms with van der Waals surface area (Å²) in [5.41, 5.74) is 1.51. The predicted octanol–water partition coefficient (Wildman–Crippen LogP) is 2.44. The van der Waals surface area contributed by atoms with Gasteiger partial charge in [0, 0.05) is 18.7 Å². The Morgan fingerprint density at radius 3 is 2.62 bits per heavy atom. The van der Waals surface area contributed by atoms with Gasteiger partial charge in [-0.25, -0.2) is 4.98 Å². The maximum atomic E-state index is 10.7. The molecule has 0 aromatic carbocycles. The lowest BCUT2D eigenvalue weighted by Gasteiger charge is -2.31. The van der Waals surface area contributed by atoms with E-state index in [0.717, 1.165) is 36.8 Å². The highest BCUT2D eigenvalue weighted by Crippen LogP contribution is 2.21. The van der Waals surface area contributed by atoms with Crippen LogP contribution in [0.2, 0.25) is 0 Å². The number of pyridine rings is 1. The SMILES string of the molecule is Cc1nc(N2CCC(C)CC2)ccc1C=O. The highest BCUT2D eigenvalue weighted by molar-refractivity contribution is 5.76.